The maximum Gasteiger partial charge on any atom is 0.336 e. The second-order valence-electron chi connectivity index (χ2n) is 4.86. The summed E-state index contributed by atoms with van der Waals surface area (Å²) >= 11 is 0. The lowest BCUT2D eigenvalue weighted by Crippen LogP contribution is -2.25. The van der Waals surface area contributed by atoms with Crippen LogP contribution in [0.25, 0.3) is 10.9 Å². The quantitative estimate of drug-likeness (QED) is 0.913. The second kappa shape index (κ2) is 4.53. The molecule has 1 saturated carbocycles. The Hall–Kier alpha value is -2.10. The summed E-state index contributed by atoms with van der Waals surface area (Å²) in [7, 11) is 0. The molecule has 1 fully saturated rings. The Kier molecular flexibility index (Phi) is 2.85. The van der Waals surface area contributed by atoms with Crippen molar-refractivity contribution < 1.29 is 9.90 Å². The molecule has 1 aliphatic carbocycles. The van der Waals surface area contributed by atoms with Crippen LogP contribution in [0.4, 0.5) is 5.82 Å². The van der Waals surface area contributed by atoms with Gasteiger partial charge in [0.2, 0.25) is 0 Å². The van der Waals surface area contributed by atoms with Crippen molar-refractivity contribution in [2.75, 3.05) is 11.4 Å². The molecular weight excluding hydrogens is 240 g/mol. The molecule has 2 aromatic rings. The zero-order valence-electron chi connectivity index (χ0n) is 10.8. The lowest BCUT2D eigenvalue weighted by atomic mass is 10.1. The number of rotatable bonds is 4. The molecule has 0 aliphatic heterocycles. The first-order valence-electron chi connectivity index (χ1n) is 6.60. The van der Waals surface area contributed by atoms with Crippen molar-refractivity contribution in [1.82, 2.24) is 4.98 Å². The molecule has 1 aromatic heterocycles. The van der Waals surface area contributed by atoms with E-state index in [2.05, 4.69) is 16.8 Å². The molecule has 98 valence electrons. The van der Waals surface area contributed by atoms with Crippen LogP contribution in [0.15, 0.2) is 30.3 Å². The molecule has 0 unspecified atom stereocenters. The van der Waals surface area contributed by atoms with Crippen LogP contribution in [0, 0.1) is 0 Å². The summed E-state index contributed by atoms with van der Waals surface area (Å²) in [5.41, 5.74) is 1.06. The van der Waals surface area contributed by atoms with E-state index < -0.39 is 5.97 Å². The third-order valence-electron chi connectivity index (χ3n) is 3.57. The molecule has 1 aliphatic rings. The first-order chi connectivity index (χ1) is 9.20. The third-order valence-corrected chi connectivity index (χ3v) is 3.57. The molecule has 0 atom stereocenters. The van der Waals surface area contributed by atoms with Gasteiger partial charge in [0.05, 0.1) is 11.1 Å². The van der Waals surface area contributed by atoms with Crippen LogP contribution in [-0.2, 0) is 0 Å². The monoisotopic (exact) mass is 256 g/mol. The summed E-state index contributed by atoms with van der Waals surface area (Å²) < 4.78 is 0. The smallest absolute Gasteiger partial charge is 0.336 e. The van der Waals surface area contributed by atoms with Gasteiger partial charge in [0.15, 0.2) is 0 Å². The number of aromatic carboxylic acids is 1. The zero-order valence-corrected chi connectivity index (χ0v) is 10.8. The Morgan fingerprint density at radius 3 is 2.79 bits per heavy atom. The number of aromatic nitrogens is 1. The minimum atomic E-state index is -0.908. The molecule has 1 heterocycles. The van der Waals surface area contributed by atoms with Gasteiger partial charge in [0.1, 0.15) is 5.82 Å². The van der Waals surface area contributed by atoms with Crippen molar-refractivity contribution in [2.24, 2.45) is 0 Å². The summed E-state index contributed by atoms with van der Waals surface area (Å²) in [4.78, 5) is 18.1. The Morgan fingerprint density at radius 2 is 2.16 bits per heavy atom. The molecule has 0 amide bonds. The maximum atomic E-state index is 11.2. The largest absolute Gasteiger partial charge is 0.478 e. The van der Waals surface area contributed by atoms with Gasteiger partial charge in [-0.2, -0.15) is 0 Å². The molecule has 0 spiro atoms. The molecule has 0 saturated heterocycles. The number of fused-ring (bicyclic) bond motifs is 1. The minimum Gasteiger partial charge on any atom is -0.478 e. The van der Waals surface area contributed by atoms with Gasteiger partial charge in [-0.25, -0.2) is 9.78 Å². The van der Waals surface area contributed by atoms with Crippen LogP contribution < -0.4 is 4.90 Å². The van der Waals surface area contributed by atoms with Gasteiger partial charge in [-0.15, -0.1) is 0 Å². The SMILES string of the molecule is CCN(c1ccc2c(C(=O)O)cccc2n1)C1CC1. The normalized spacial score (nSPS) is 14.6. The Balaban J connectivity index is 2.08. The van der Waals surface area contributed by atoms with E-state index in [0.29, 0.717) is 17.0 Å². The fourth-order valence-corrected chi connectivity index (χ4v) is 2.48. The number of hydrogen-bond acceptors (Lipinski definition) is 3. The standard InChI is InChI=1S/C15H16N2O2/c1-2-17(10-6-7-10)14-9-8-11-12(15(18)19)4-3-5-13(11)16-14/h3-5,8-10H,2,6-7H2,1H3,(H,18,19). The average molecular weight is 256 g/mol. The van der Waals surface area contributed by atoms with Crippen LogP contribution in [0.2, 0.25) is 0 Å². The van der Waals surface area contributed by atoms with E-state index in [9.17, 15) is 4.79 Å². The summed E-state index contributed by atoms with van der Waals surface area (Å²) in [6.07, 6.45) is 2.45. The van der Waals surface area contributed by atoms with E-state index in [1.165, 1.54) is 12.8 Å². The summed E-state index contributed by atoms with van der Waals surface area (Å²) in [5, 5.41) is 9.87. The van der Waals surface area contributed by atoms with Crippen molar-refractivity contribution in [3.8, 4) is 0 Å². The van der Waals surface area contributed by atoms with Gasteiger partial charge in [-0.3, -0.25) is 0 Å². The summed E-state index contributed by atoms with van der Waals surface area (Å²) in [6.45, 7) is 3.06. The number of hydrogen-bond donors (Lipinski definition) is 1. The van der Waals surface area contributed by atoms with Crippen LogP contribution in [0.1, 0.15) is 30.1 Å². The number of carboxylic acid groups (broad SMARTS) is 1. The Bertz CT molecular complexity index is 635. The number of carbonyl (C=O) groups is 1. The molecule has 0 radical (unpaired) electrons. The Morgan fingerprint density at radius 1 is 1.37 bits per heavy atom. The van der Waals surface area contributed by atoms with Crippen molar-refractivity contribution >= 4 is 22.7 Å². The van der Waals surface area contributed by atoms with E-state index >= 15 is 0 Å². The van der Waals surface area contributed by atoms with Crippen LogP contribution >= 0.6 is 0 Å². The van der Waals surface area contributed by atoms with E-state index in [-0.39, 0.29) is 0 Å². The molecule has 4 nitrogen and oxygen atoms in total. The van der Waals surface area contributed by atoms with Crippen molar-refractivity contribution in [1.29, 1.82) is 0 Å². The number of carboxylic acids is 1. The fourth-order valence-electron chi connectivity index (χ4n) is 2.48. The van der Waals surface area contributed by atoms with Crippen molar-refractivity contribution in [3.63, 3.8) is 0 Å². The van der Waals surface area contributed by atoms with Gasteiger partial charge in [-0.1, -0.05) is 6.07 Å². The van der Waals surface area contributed by atoms with E-state index in [4.69, 9.17) is 5.11 Å². The molecule has 0 bridgehead atoms. The van der Waals surface area contributed by atoms with Crippen molar-refractivity contribution in [2.45, 2.75) is 25.8 Å². The molecule has 3 rings (SSSR count). The topological polar surface area (TPSA) is 53.4 Å². The van der Waals surface area contributed by atoms with Gasteiger partial charge in [-0.05, 0) is 44.0 Å². The highest BCUT2D eigenvalue weighted by Gasteiger charge is 2.28. The third kappa shape index (κ3) is 2.14. The molecule has 19 heavy (non-hydrogen) atoms. The lowest BCUT2D eigenvalue weighted by Gasteiger charge is -2.21. The predicted octanol–water partition coefficient (Wildman–Crippen LogP) is 2.92. The van der Waals surface area contributed by atoms with E-state index in [0.717, 1.165) is 17.9 Å². The van der Waals surface area contributed by atoms with Crippen LogP contribution in [-0.4, -0.2) is 28.6 Å². The highest BCUT2D eigenvalue weighted by molar-refractivity contribution is 6.02. The van der Waals surface area contributed by atoms with Gasteiger partial charge in [0, 0.05) is 18.0 Å². The van der Waals surface area contributed by atoms with Crippen LogP contribution in [0.3, 0.4) is 0 Å². The molecule has 1 aromatic carbocycles. The fraction of sp³-hybridized carbons (Fsp3) is 0.333. The first-order valence-corrected chi connectivity index (χ1v) is 6.60. The van der Waals surface area contributed by atoms with E-state index in [1.807, 2.05) is 18.2 Å². The predicted molar refractivity (Wildman–Crippen MR) is 74.7 cm³/mol. The number of nitrogens with zero attached hydrogens (tertiary/aromatic N) is 2. The number of pyridine rings is 1. The highest BCUT2D eigenvalue weighted by Crippen LogP contribution is 2.31. The molecular formula is C15H16N2O2. The summed E-state index contributed by atoms with van der Waals surface area (Å²) in [5.74, 6) is 0.0368. The minimum absolute atomic E-state index is 0.311. The van der Waals surface area contributed by atoms with Gasteiger partial charge in [0.25, 0.3) is 0 Å². The zero-order chi connectivity index (χ0) is 13.4. The number of anilines is 1. The van der Waals surface area contributed by atoms with Gasteiger partial charge < -0.3 is 10.0 Å². The summed E-state index contributed by atoms with van der Waals surface area (Å²) in [6, 6.07) is 9.63. The van der Waals surface area contributed by atoms with E-state index in [1.54, 1.807) is 12.1 Å². The second-order valence-corrected chi connectivity index (χ2v) is 4.86. The number of benzene rings is 1. The lowest BCUT2D eigenvalue weighted by molar-refractivity contribution is 0.0699. The van der Waals surface area contributed by atoms with Crippen molar-refractivity contribution in [3.05, 3.63) is 35.9 Å². The maximum absolute atomic E-state index is 11.2. The Labute approximate surface area is 111 Å². The first kappa shape index (κ1) is 12.0. The molecule has 4 heteroatoms. The molecule has 1 N–H and O–H groups in total. The average Bonchev–Trinajstić information content (AvgIpc) is 3.23. The van der Waals surface area contributed by atoms with Crippen LogP contribution in [0.5, 0.6) is 0 Å². The highest BCUT2D eigenvalue weighted by atomic mass is 16.4. The van der Waals surface area contributed by atoms with Gasteiger partial charge >= 0.3 is 5.97 Å².